The van der Waals surface area contributed by atoms with Gasteiger partial charge in [-0.05, 0) is 37.5 Å². The highest BCUT2D eigenvalue weighted by molar-refractivity contribution is 5.87. The number of fused-ring (bicyclic) bond motifs is 1. The van der Waals surface area contributed by atoms with Crippen LogP contribution < -0.4 is 5.32 Å². The summed E-state index contributed by atoms with van der Waals surface area (Å²) in [6.45, 7) is 8.53. The Morgan fingerprint density at radius 3 is 2.52 bits per heavy atom. The fraction of sp³-hybridized carbons (Fsp3) is 0.565. The molecule has 1 aromatic carbocycles. The number of rotatable bonds is 4. The van der Waals surface area contributed by atoms with E-state index in [1.54, 1.807) is 9.80 Å². The largest absolute Gasteiger partial charge is 0.394 e. The lowest BCUT2D eigenvalue weighted by Crippen LogP contribution is -2.74. The van der Waals surface area contributed by atoms with E-state index in [9.17, 15) is 14.7 Å². The van der Waals surface area contributed by atoms with Gasteiger partial charge in [0.1, 0.15) is 6.54 Å². The predicted octanol–water partition coefficient (Wildman–Crippen LogP) is 2.17. The third-order valence-corrected chi connectivity index (χ3v) is 5.49. The molecule has 1 aromatic rings. The van der Waals surface area contributed by atoms with E-state index < -0.39 is 0 Å². The van der Waals surface area contributed by atoms with Crippen LogP contribution >= 0.6 is 0 Å². The molecule has 0 aromatic heterocycles. The summed E-state index contributed by atoms with van der Waals surface area (Å²) < 4.78 is 0. The Hall–Kier alpha value is -2.52. The Balaban J connectivity index is 1.75. The maximum Gasteiger partial charge on any atom is 0.318 e. The number of carbonyl (C=O) groups excluding carboxylic acids is 2. The molecule has 2 aliphatic rings. The van der Waals surface area contributed by atoms with Crippen LogP contribution in [0.15, 0.2) is 24.3 Å². The Morgan fingerprint density at radius 2 is 1.93 bits per heavy atom. The summed E-state index contributed by atoms with van der Waals surface area (Å²) in [4.78, 5) is 28.3. The zero-order chi connectivity index (χ0) is 21.1. The van der Waals surface area contributed by atoms with Gasteiger partial charge in [0.2, 0.25) is 5.91 Å². The standard InChI is InChI=1S/C23H31N3O3/c1-15(2)6-5-7-17-8-10-18(11-9-17)22-19-12-25(23(29)24-16(3)4)13-21(28)26(19)20(22)14-27/h8-11,15-16,19-20,22,27H,6,12-14H2,1-4H3,(H,24,29)/t19-,20-,22+/m0/s1. The molecule has 3 atom stereocenters. The van der Waals surface area contributed by atoms with E-state index in [1.807, 2.05) is 38.1 Å². The Kier molecular flexibility index (Phi) is 6.49. The van der Waals surface area contributed by atoms with E-state index >= 15 is 0 Å². The molecule has 6 heteroatoms. The zero-order valence-corrected chi connectivity index (χ0v) is 17.7. The summed E-state index contributed by atoms with van der Waals surface area (Å²) in [6.07, 6.45) is 0.865. The van der Waals surface area contributed by atoms with Crippen molar-refractivity contribution in [1.82, 2.24) is 15.1 Å². The first-order valence-corrected chi connectivity index (χ1v) is 10.4. The van der Waals surface area contributed by atoms with E-state index in [1.165, 1.54) is 0 Å². The summed E-state index contributed by atoms with van der Waals surface area (Å²) >= 11 is 0. The van der Waals surface area contributed by atoms with E-state index in [-0.39, 0.29) is 49.1 Å². The smallest absolute Gasteiger partial charge is 0.318 e. The molecule has 0 saturated carbocycles. The van der Waals surface area contributed by atoms with Crippen molar-refractivity contribution in [3.63, 3.8) is 0 Å². The second-order valence-corrected chi connectivity index (χ2v) is 8.65. The van der Waals surface area contributed by atoms with Gasteiger partial charge in [0.25, 0.3) is 0 Å². The van der Waals surface area contributed by atoms with Crippen molar-refractivity contribution in [1.29, 1.82) is 0 Å². The molecule has 2 saturated heterocycles. The van der Waals surface area contributed by atoms with Crippen LogP contribution in [0.5, 0.6) is 0 Å². The van der Waals surface area contributed by atoms with Gasteiger partial charge >= 0.3 is 6.03 Å². The lowest BCUT2D eigenvalue weighted by atomic mass is 9.73. The topological polar surface area (TPSA) is 72.9 Å². The molecular formula is C23H31N3O3. The van der Waals surface area contributed by atoms with Crippen LogP contribution in [0.3, 0.4) is 0 Å². The van der Waals surface area contributed by atoms with Gasteiger partial charge in [-0.2, -0.15) is 0 Å². The van der Waals surface area contributed by atoms with E-state index in [4.69, 9.17) is 0 Å². The number of hydrogen-bond acceptors (Lipinski definition) is 3. The van der Waals surface area contributed by atoms with Crippen LogP contribution in [-0.4, -0.2) is 64.7 Å². The molecular weight excluding hydrogens is 366 g/mol. The molecule has 0 unspecified atom stereocenters. The summed E-state index contributed by atoms with van der Waals surface area (Å²) in [5.74, 6) is 6.82. The van der Waals surface area contributed by atoms with E-state index in [0.717, 1.165) is 17.5 Å². The van der Waals surface area contributed by atoms with Crippen molar-refractivity contribution in [2.24, 2.45) is 5.92 Å². The average molecular weight is 398 g/mol. The SMILES string of the molecule is CC(C)CC#Cc1ccc([C@H]2[C@H](CO)N3C(=O)CN(C(=O)NC(C)C)C[C@@H]23)cc1. The third-order valence-electron chi connectivity index (χ3n) is 5.49. The fourth-order valence-corrected chi connectivity index (χ4v) is 4.14. The third kappa shape index (κ3) is 4.56. The summed E-state index contributed by atoms with van der Waals surface area (Å²) in [5, 5.41) is 12.7. The van der Waals surface area contributed by atoms with Crippen LogP contribution in [0.4, 0.5) is 4.79 Å². The summed E-state index contributed by atoms with van der Waals surface area (Å²) in [6, 6.07) is 7.51. The number of nitrogens with one attached hydrogen (secondary N) is 1. The summed E-state index contributed by atoms with van der Waals surface area (Å²) in [7, 11) is 0. The molecule has 156 valence electrons. The first-order valence-electron chi connectivity index (χ1n) is 10.4. The van der Waals surface area contributed by atoms with Crippen molar-refractivity contribution in [2.45, 2.75) is 58.2 Å². The van der Waals surface area contributed by atoms with Crippen molar-refractivity contribution in [3.8, 4) is 11.8 Å². The summed E-state index contributed by atoms with van der Waals surface area (Å²) in [5.41, 5.74) is 2.03. The van der Waals surface area contributed by atoms with Crippen molar-refractivity contribution in [2.75, 3.05) is 19.7 Å². The number of piperazine rings is 1. The molecule has 0 spiro atoms. The average Bonchev–Trinajstić information content (AvgIpc) is 2.63. The maximum absolute atomic E-state index is 12.6. The number of amides is 3. The molecule has 0 bridgehead atoms. The minimum atomic E-state index is -0.235. The molecule has 2 N–H and O–H groups in total. The van der Waals surface area contributed by atoms with Gasteiger partial charge in [0, 0.05) is 30.5 Å². The Morgan fingerprint density at radius 1 is 1.24 bits per heavy atom. The van der Waals surface area contributed by atoms with E-state index in [0.29, 0.717) is 12.5 Å². The monoisotopic (exact) mass is 397 g/mol. The van der Waals surface area contributed by atoms with Gasteiger partial charge in [0.05, 0.1) is 18.7 Å². The maximum atomic E-state index is 12.6. The first-order chi connectivity index (χ1) is 13.8. The molecule has 3 rings (SSSR count). The molecule has 0 radical (unpaired) electrons. The molecule has 2 heterocycles. The van der Waals surface area contributed by atoms with Crippen molar-refractivity contribution >= 4 is 11.9 Å². The number of hydrogen-bond donors (Lipinski definition) is 2. The van der Waals surface area contributed by atoms with Crippen LogP contribution in [0.25, 0.3) is 0 Å². The lowest BCUT2D eigenvalue weighted by Gasteiger charge is -2.58. The second-order valence-electron chi connectivity index (χ2n) is 8.65. The van der Waals surface area contributed by atoms with Gasteiger partial charge in [-0.15, -0.1) is 0 Å². The van der Waals surface area contributed by atoms with E-state index in [2.05, 4.69) is 31.0 Å². The quantitative estimate of drug-likeness (QED) is 0.765. The van der Waals surface area contributed by atoms with Crippen molar-refractivity contribution < 1.29 is 14.7 Å². The highest BCUT2D eigenvalue weighted by atomic mass is 16.3. The molecule has 2 fully saturated rings. The number of benzene rings is 1. The molecule has 3 amide bonds. The van der Waals surface area contributed by atoms with Crippen LogP contribution in [0, 0.1) is 17.8 Å². The highest BCUT2D eigenvalue weighted by Gasteiger charge is 2.54. The number of aliphatic hydroxyl groups is 1. The van der Waals surface area contributed by atoms with Crippen LogP contribution in [-0.2, 0) is 4.79 Å². The minimum absolute atomic E-state index is 0.0104. The molecule has 0 aliphatic carbocycles. The molecule has 6 nitrogen and oxygen atoms in total. The van der Waals surface area contributed by atoms with Crippen molar-refractivity contribution in [3.05, 3.63) is 35.4 Å². The highest BCUT2D eigenvalue weighted by Crippen LogP contribution is 2.42. The molecule has 29 heavy (non-hydrogen) atoms. The van der Waals surface area contributed by atoms with Crippen LogP contribution in [0.1, 0.15) is 51.2 Å². The Labute approximate surface area is 173 Å². The number of nitrogens with zero attached hydrogens (tertiary/aromatic N) is 2. The first kappa shape index (κ1) is 21.2. The van der Waals surface area contributed by atoms with Gasteiger partial charge < -0.3 is 20.2 Å². The van der Waals surface area contributed by atoms with Crippen LogP contribution in [0.2, 0.25) is 0 Å². The fourth-order valence-electron chi connectivity index (χ4n) is 4.14. The van der Waals surface area contributed by atoms with Gasteiger partial charge in [-0.1, -0.05) is 37.8 Å². The van der Waals surface area contributed by atoms with Gasteiger partial charge in [-0.25, -0.2) is 4.79 Å². The second kappa shape index (κ2) is 8.87. The minimum Gasteiger partial charge on any atom is -0.394 e. The van der Waals surface area contributed by atoms with Gasteiger partial charge in [0.15, 0.2) is 0 Å². The molecule has 2 aliphatic heterocycles. The zero-order valence-electron chi connectivity index (χ0n) is 17.7. The Bertz CT molecular complexity index is 807. The number of carbonyl (C=O) groups is 2. The predicted molar refractivity (Wildman–Crippen MR) is 112 cm³/mol. The number of aliphatic hydroxyl groups excluding tert-OH is 1. The lowest BCUT2D eigenvalue weighted by molar-refractivity contribution is -0.159. The van der Waals surface area contributed by atoms with Gasteiger partial charge in [-0.3, -0.25) is 4.79 Å². The number of urea groups is 1. The normalized spacial score (nSPS) is 23.4.